The minimum Gasteiger partial charge on any atom is -0.374 e. The summed E-state index contributed by atoms with van der Waals surface area (Å²) in [5.74, 6) is 0. The molecule has 132 valence electrons. The summed E-state index contributed by atoms with van der Waals surface area (Å²) in [5.41, 5.74) is 2.07. The number of hydrogen-bond acceptors (Lipinski definition) is 4. The van der Waals surface area contributed by atoms with E-state index in [2.05, 4.69) is 6.58 Å². The van der Waals surface area contributed by atoms with Gasteiger partial charge in [0.25, 0.3) is 0 Å². The number of aldehydes is 1. The topological polar surface area (TPSA) is 44.8 Å². The normalized spacial score (nSPS) is 13.1. The number of rotatable bonds is 12. The van der Waals surface area contributed by atoms with E-state index < -0.39 is 12.2 Å². The molecule has 0 N–H and O–H groups in total. The third-order valence-electron chi connectivity index (χ3n) is 3.61. The molecule has 25 heavy (non-hydrogen) atoms. The van der Waals surface area contributed by atoms with Crippen LogP contribution in [0, 0.1) is 0 Å². The molecule has 0 spiro atoms. The van der Waals surface area contributed by atoms with E-state index in [1.54, 1.807) is 6.08 Å². The molecule has 2 aromatic carbocycles. The highest BCUT2D eigenvalue weighted by atomic mass is 16.6. The molecule has 0 aliphatic carbocycles. The van der Waals surface area contributed by atoms with E-state index in [0.29, 0.717) is 19.8 Å². The Kier molecular flexibility index (Phi) is 8.63. The molecule has 0 unspecified atom stereocenters. The first-order valence-electron chi connectivity index (χ1n) is 8.28. The summed E-state index contributed by atoms with van der Waals surface area (Å²) in [6, 6.07) is 19.6. The minimum absolute atomic E-state index is 0.265. The van der Waals surface area contributed by atoms with E-state index in [9.17, 15) is 4.79 Å². The number of carbonyl (C=O) groups is 1. The highest BCUT2D eigenvalue weighted by Crippen LogP contribution is 2.10. The number of benzene rings is 2. The lowest BCUT2D eigenvalue weighted by molar-refractivity contribution is -0.137. The molecular weight excluding hydrogens is 316 g/mol. The molecule has 0 bridgehead atoms. The predicted octanol–water partition coefficient (Wildman–Crippen LogP) is 3.56. The van der Waals surface area contributed by atoms with E-state index in [4.69, 9.17) is 14.2 Å². The van der Waals surface area contributed by atoms with E-state index in [1.807, 2.05) is 60.7 Å². The van der Waals surface area contributed by atoms with Crippen LogP contribution in [0.15, 0.2) is 73.3 Å². The highest BCUT2D eigenvalue weighted by Gasteiger charge is 2.23. The Balaban J connectivity index is 1.88. The fourth-order valence-corrected chi connectivity index (χ4v) is 2.30. The van der Waals surface area contributed by atoms with Gasteiger partial charge in [0.1, 0.15) is 12.2 Å². The van der Waals surface area contributed by atoms with Crippen LogP contribution in [0.4, 0.5) is 0 Å². The van der Waals surface area contributed by atoms with Crippen LogP contribution < -0.4 is 0 Å². The predicted molar refractivity (Wildman–Crippen MR) is 97.1 cm³/mol. The summed E-state index contributed by atoms with van der Waals surface area (Å²) >= 11 is 0. The van der Waals surface area contributed by atoms with Gasteiger partial charge in [-0.1, -0.05) is 66.7 Å². The summed E-state index contributed by atoms with van der Waals surface area (Å²) in [7, 11) is 0. The first kappa shape index (κ1) is 19.1. The van der Waals surface area contributed by atoms with Gasteiger partial charge in [-0.2, -0.15) is 0 Å². The zero-order valence-electron chi connectivity index (χ0n) is 14.3. The summed E-state index contributed by atoms with van der Waals surface area (Å²) in [6.07, 6.45) is 1.23. The molecule has 0 amide bonds. The van der Waals surface area contributed by atoms with Crippen molar-refractivity contribution in [3.63, 3.8) is 0 Å². The monoisotopic (exact) mass is 340 g/mol. The third-order valence-corrected chi connectivity index (χ3v) is 3.61. The van der Waals surface area contributed by atoms with Crippen LogP contribution in [0.3, 0.4) is 0 Å². The van der Waals surface area contributed by atoms with Crippen LogP contribution in [0.25, 0.3) is 0 Å². The van der Waals surface area contributed by atoms with Gasteiger partial charge in [-0.05, 0) is 11.1 Å². The van der Waals surface area contributed by atoms with Crippen LogP contribution in [-0.4, -0.2) is 31.7 Å². The van der Waals surface area contributed by atoms with Crippen molar-refractivity contribution in [2.45, 2.75) is 25.4 Å². The van der Waals surface area contributed by atoms with Crippen molar-refractivity contribution in [3.05, 3.63) is 84.4 Å². The zero-order chi connectivity index (χ0) is 17.7. The quantitative estimate of drug-likeness (QED) is 0.438. The molecule has 0 aliphatic heterocycles. The lowest BCUT2D eigenvalue weighted by Crippen LogP contribution is -2.37. The summed E-state index contributed by atoms with van der Waals surface area (Å²) < 4.78 is 17.1. The van der Waals surface area contributed by atoms with Gasteiger partial charge in [0.2, 0.25) is 0 Å². The number of carbonyl (C=O) groups excluding carboxylic acids is 1. The van der Waals surface area contributed by atoms with Crippen molar-refractivity contribution in [2.24, 2.45) is 0 Å². The largest absolute Gasteiger partial charge is 0.374 e. The molecule has 0 fully saturated rings. The minimum atomic E-state index is -0.698. The van der Waals surface area contributed by atoms with Crippen molar-refractivity contribution < 1.29 is 19.0 Å². The molecule has 2 atom stereocenters. The van der Waals surface area contributed by atoms with Gasteiger partial charge in [-0.15, -0.1) is 6.58 Å². The summed E-state index contributed by atoms with van der Waals surface area (Å²) in [6.45, 7) is 5.04. The second kappa shape index (κ2) is 11.3. The Labute approximate surface area is 149 Å². The highest BCUT2D eigenvalue weighted by molar-refractivity contribution is 5.57. The van der Waals surface area contributed by atoms with Crippen LogP contribution in [-0.2, 0) is 32.2 Å². The fraction of sp³-hybridized carbons (Fsp3) is 0.286. The molecule has 0 aliphatic rings. The maximum absolute atomic E-state index is 11.5. The van der Waals surface area contributed by atoms with E-state index in [1.165, 1.54) is 0 Å². The molecule has 4 nitrogen and oxygen atoms in total. The molecule has 4 heteroatoms. The molecule has 0 aromatic heterocycles. The lowest BCUT2D eigenvalue weighted by Gasteiger charge is -2.23. The van der Waals surface area contributed by atoms with Gasteiger partial charge in [0.05, 0.1) is 26.4 Å². The first-order valence-corrected chi connectivity index (χ1v) is 8.28. The lowest BCUT2D eigenvalue weighted by atomic mass is 10.2. The number of hydrogen-bond donors (Lipinski definition) is 0. The second-order valence-electron chi connectivity index (χ2n) is 5.56. The average molecular weight is 340 g/mol. The standard InChI is InChI=1S/C21H24O4/c1-2-13-24-21(17-23-15-18-9-5-3-6-10-18)20(14-22)25-16-19-11-7-4-8-12-19/h2-12,14,20-21H,1,13,15-17H2/t20-,21+/m1/s1. The number of ether oxygens (including phenoxy) is 3. The maximum Gasteiger partial charge on any atom is 0.151 e. The molecule has 0 heterocycles. The maximum atomic E-state index is 11.5. The van der Waals surface area contributed by atoms with Crippen molar-refractivity contribution in [1.29, 1.82) is 0 Å². The third kappa shape index (κ3) is 7.01. The van der Waals surface area contributed by atoms with E-state index in [0.717, 1.165) is 17.4 Å². The zero-order valence-corrected chi connectivity index (χ0v) is 14.3. The SMILES string of the molecule is C=CCO[C@@H](COCc1ccccc1)[C@@H](C=O)OCc1ccccc1. The van der Waals surface area contributed by atoms with Crippen LogP contribution in [0.1, 0.15) is 11.1 Å². The Morgan fingerprint density at radius 1 is 0.880 bits per heavy atom. The summed E-state index contributed by atoms with van der Waals surface area (Å²) in [5, 5.41) is 0. The molecule has 2 aromatic rings. The van der Waals surface area contributed by atoms with Crippen LogP contribution in [0.2, 0.25) is 0 Å². The molecule has 0 radical (unpaired) electrons. The molecule has 0 saturated carbocycles. The van der Waals surface area contributed by atoms with Gasteiger partial charge >= 0.3 is 0 Å². The van der Waals surface area contributed by atoms with Gasteiger partial charge in [0, 0.05) is 0 Å². The second-order valence-corrected chi connectivity index (χ2v) is 5.56. The van der Waals surface area contributed by atoms with E-state index >= 15 is 0 Å². The van der Waals surface area contributed by atoms with Crippen molar-refractivity contribution in [2.75, 3.05) is 13.2 Å². The van der Waals surface area contributed by atoms with Crippen LogP contribution >= 0.6 is 0 Å². The molecular formula is C21H24O4. The molecule has 0 saturated heterocycles. The van der Waals surface area contributed by atoms with Crippen LogP contribution in [0.5, 0.6) is 0 Å². The average Bonchev–Trinajstić information content (AvgIpc) is 2.67. The molecule has 2 rings (SSSR count). The summed E-state index contributed by atoms with van der Waals surface area (Å²) in [4.78, 5) is 11.5. The Morgan fingerprint density at radius 2 is 1.48 bits per heavy atom. The van der Waals surface area contributed by atoms with Gasteiger partial charge in [0.15, 0.2) is 6.29 Å². The van der Waals surface area contributed by atoms with Gasteiger partial charge in [-0.3, -0.25) is 0 Å². The van der Waals surface area contributed by atoms with Crippen molar-refractivity contribution >= 4 is 6.29 Å². The van der Waals surface area contributed by atoms with E-state index in [-0.39, 0.29) is 6.61 Å². The fourth-order valence-electron chi connectivity index (χ4n) is 2.30. The van der Waals surface area contributed by atoms with Gasteiger partial charge < -0.3 is 19.0 Å². The smallest absolute Gasteiger partial charge is 0.151 e. The Hall–Kier alpha value is -2.27. The Morgan fingerprint density at radius 3 is 2.04 bits per heavy atom. The first-order chi connectivity index (χ1) is 12.3. The van der Waals surface area contributed by atoms with Gasteiger partial charge in [-0.25, -0.2) is 0 Å². The van der Waals surface area contributed by atoms with Crippen molar-refractivity contribution in [3.8, 4) is 0 Å². The van der Waals surface area contributed by atoms with Crippen molar-refractivity contribution in [1.82, 2.24) is 0 Å². The Bertz CT molecular complexity index is 612.